The van der Waals surface area contributed by atoms with E-state index in [0.717, 1.165) is 28.3 Å². The molecule has 3 aromatic rings. The number of aromatic nitrogens is 1. The lowest BCUT2D eigenvalue weighted by Gasteiger charge is -2.09. The van der Waals surface area contributed by atoms with Crippen LogP contribution in [0.15, 0.2) is 48.5 Å². The highest BCUT2D eigenvalue weighted by atomic mass is 35.5. The Morgan fingerprint density at radius 1 is 1.20 bits per heavy atom. The zero-order valence-corrected chi connectivity index (χ0v) is 12.6. The van der Waals surface area contributed by atoms with Gasteiger partial charge < -0.3 is 4.74 Å². The van der Waals surface area contributed by atoms with Crippen molar-refractivity contribution in [2.45, 2.75) is 11.8 Å². The van der Waals surface area contributed by atoms with Gasteiger partial charge in [-0.2, -0.15) is 0 Å². The summed E-state index contributed by atoms with van der Waals surface area (Å²) in [6.45, 7) is 0. The second-order valence-electron chi connectivity index (χ2n) is 4.52. The van der Waals surface area contributed by atoms with E-state index < -0.39 is 0 Å². The third-order valence-corrected chi connectivity index (χ3v) is 4.61. The molecule has 2 aromatic carbocycles. The Bertz CT molecular complexity index is 692. The fourth-order valence-electron chi connectivity index (χ4n) is 2.11. The molecule has 2 nitrogen and oxygen atoms in total. The first kappa shape index (κ1) is 13.4. The molecule has 0 fully saturated rings. The number of fused-ring (bicyclic) bond motifs is 1. The Hall–Kier alpha value is -1.58. The molecule has 0 aliphatic carbocycles. The van der Waals surface area contributed by atoms with Crippen molar-refractivity contribution in [3.63, 3.8) is 0 Å². The first-order valence-electron chi connectivity index (χ1n) is 6.39. The van der Waals surface area contributed by atoms with Gasteiger partial charge in [0, 0.05) is 6.42 Å². The number of hydrogen-bond acceptors (Lipinski definition) is 3. The molecule has 0 saturated heterocycles. The van der Waals surface area contributed by atoms with Gasteiger partial charge >= 0.3 is 0 Å². The van der Waals surface area contributed by atoms with E-state index >= 15 is 0 Å². The summed E-state index contributed by atoms with van der Waals surface area (Å²) < 4.78 is 6.44. The van der Waals surface area contributed by atoms with Crippen LogP contribution in [0.4, 0.5) is 0 Å². The Morgan fingerprint density at radius 2 is 2.05 bits per heavy atom. The normalized spacial score (nSPS) is 12.5. The molecular weight excluding hydrogens is 290 g/mol. The van der Waals surface area contributed by atoms with E-state index in [2.05, 4.69) is 11.1 Å². The highest BCUT2D eigenvalue weighted by Gasteiger charge is 2.13. The molecular formula is C16H14ClNOS. The SMILES string of the molecule is COc1cccc(C(Cl)Cc2nc3ccccc3s2)c1. The number of rotatable bonds is 4. The van der Waals surface area contributed by atoms with Gasteiger partial charge in [-0.25, -0.2) is 4.98 Å². The lowest BCUT2D eigenvalue weighted by Crippen LogP contribution is -1.96. The maximum atomic E-state index is 6.51. The second kappa shape index (κ2) is 5.81. The number of benzene rings is 2. The predicted molar refractivity (Wildman–Crippen MR) is 84.9 cm³/mol. The van der Waals surface area contributed by atoms with Crippen LogP contribution < -0.4 is 4.74 Å². The minimum atomic E-state index is -0.0920. The Labute approximate surface area is 127 Å². The number of methoxy groups -OCH3 is 1. The van der Waals surface area contributed by atoms with E-state index in [1.165, 1.54) is 4.70 Å². The number of halogens is 1. The summed E-state index contributed by atoms with van der Waals surface area (Å²) in [7, 11) is 1.66. The van der Waals surface area contributed by atoms with Crippen molar-refractivity contribution in [2.75, 3.05) is 7.11 Å². The van der Waals surface area contributed by atoms with Gasteiger partial charge in [-0.15, -0.1) is 22.9 Å². The van der Waals surface area contributed by atoms with E-state index in [1.54, 1.807) is 18.4 Å². The summed E-state index contributed by atoms with van der Waals surface area (Å²) in [5.74, 6) is 0.831. The quantitative estimate of drug-likeness (QED) is 0.644. The fourth-order valence-corrected chi connectivity index (χ4v) is 3.50. The summed E-state index contributed by atoms with van der Waals surface area (Å²) >= 11 is 8.21. The van der Waals surface area contributed by atoms with E-state index in [0.29, 0.717) is 0 Å². The second-order valence-corrected chi connectivity index (χ2v) is 6.17. The van der Waals surface area contributed by atoms with Crippen LogP contribution >= 0.6 is 22.9 Å². The molecule has 0 radical (unpaired) electrons. The fraction of sp³-hybridized carbons (Fsp3) is 0.188. The Kier molecular flexibility index (Phi) is 3.90. The maximum Gasteiger partial charge on any atom is 0.119 e. The zero-order chi connectivity index (χ0) is 13.9. The third-order valence-electron chi connectivity index (χ3n) is 3.15. The summed E-state index contributed by atoms with van der Waals surface area (Å²) in [5, 5.41) is 0.972. The Morgan fingerprint density at radius 3 is 2.85 bits per heavy atom. The lowest BCUT2D eigenvalue weighted by molar-refractivity contribution is 0.414. The monoisotopic (exact) mass is 303 g/mol. The number of alkyl halides is 1. The molecule has 4 heteroatoms. The topological polar surface area (TPSA) is 22.1 Å². The van der Waals surface area contributed by atoms with Gasteiger partial charge in [0.25, 0.3) is 0 Å². The summed E-state index contributed by atoms with van der Waals surface area (Å²) in [6, 6.07) is 16.0. The van der Waals surface area contributed by atoms with Crippen molar-refractivity contribution in [1.82, 2.24) is 4.98 Å². The van der Waals surface area contributed by atoms with Crippen molar-refractivity contribution in [3.05, 3.63) is 59.1 Å². The summed E-state index contributed by atoms with van der Waals surface area (Å²) in [6.07, 6.45) is 0.730. The van der Waals surface area contributed by atoms with Crippen LogP contribution in [0.5, 0.6) is 5.75 Å². The molecule has 0 aliphatic rings. The number of thiazole rings is 1. The van der Waals surface area contributed by atoms with Crippen molar-refractivity contribution in [1.29, 1.82) is 0 Å². The van der Waals surface area contributed by atoms with Crippen LogP contribution in [-0.2, 0) is 6.42 Å². The summed E-state index contributed by atoms with van der Waals surface area (Å²) in [5.41, 5.74) is 2.10. The summed E-state index contributed by atoms with van der Waals surface area (Å²) in [4.78, 5) is 4.62. The standard InChI is InChI=1S/C16H14ClNOS/c1-19-12-6-4-5-11(9-12)13(17)10-16-18-14-7-2-3-8-15(14)20-16/h2-9,13H,10H2,1H3. The molecule has 0 spiro atoms. The van der Waals surface area contributed by atoms with Gasteiger partial charge in [0.1, 0.15) is 5.75 Å². The van der Waals surface area contributed by atoms with E-state index in [4.69, 9.17) is 16.3 Å². The van der Waals surface area contributed by atoms with Crippen LogP contribution in [0.1, 0.15) is 15.9 Å². The molecule has 1 aromatic heterocycles. The molecule has 1 atom stereocenters. The van der Waals surface area contributed by atoms with E-state index in [1.807, 2.05) is 42.5 Å². The molecule has 0 N–H and O–H groups in total. The van der Waals surface area contributed by atoms with Crippen molar-refractivity contribution in [2.24, 2.45) is 0 Å². The lowest BCUT2D eigenvalue weighted by atomic mass is 10.1. The Balaban J connectivity index is 1.82. The zero-order valence-electron chi connectivity index (χ0n) is 11.0. The molecule has 0 saturated carbocycles. The van der Waals surface area contributed by atoms with E-state index in [9.17, 15) is 0 Å². The largest absolute Gasteiger partial charge is 0.497 e. The van der Waals surface area contributed by atoms with Gasteiger partial charge in [-0.1, -0.05) is 24.3 Å². The van der Waals surface area contributed by atoms with E-state index in [-0.39, 0.29) is 5.38 Å². The predicted octanol–water partition coefficient (Wildman–Crippen LogP) is 4.83. The van der Waals surface area contributed by atoms with Crippen LogP contribution in [0.2, 0.25) is 0 Å². The molecule has 0 amide bonds. The smallest absolute Gasteiger partial charge is 0.119 e. The highest BCUT2D eigenvalue weighted by Crippen LogP contribution is 2.30. The molecule has 20 heavy (non-hydrogen) atoms. The van der Waals surface area contributed by atoms with Gasteiger partial charge in [-0.05, 0) is 29.8 Å². The highest BCUT2D eigenvalue weighted by molar-refractivity contribution is 7.18. The first-order valence-corrected chi connectivity index (χ1v) is 7.64. The van der Waals surface area contributed by atoms with Crippen LogP contribution in [-0.4, -0.2) is 12.1 Å². The molecule has 1 heterocycles. The number of para-hydroxylation sites is 1. The van der Waals surface area contributed by atoms with Gasteiger partial charge in [0.15, 0.2) is 0 Å². The number of ether oxygens (including phenoxy) is 1. The molecule has 102 valence electrons. The molecule has 1 unspecified atom stereocenters. The molecule has 0 bridgehead atoms. The average Bonchev–Trinajstić information content (AvgIpc) is 2.89. The number of nitrogens with zero attached hydrogens (tertiary/aromatic N) is 1. The van der Waals surface area contributed by atoms with Gasteiger partial charge in [0.2, 0.25) is 0 Å². The molecule has 0 aliphatic heterocycles. The maximum absolute atomic E-state index is 6.51. The minimum absolute atomic E-state index is 0.0920. The van der Waals surface area contributed by atoms with Gasteiger partial charge in [0.05, 0.1) is 27.7 Å². The van der Waals surface area contributed by atoms with Crippen LogP contribution in [0.25, 0.3) is 10.2 Å². The minimum Gasteiger partial charge on any atom is -0.497 e. The van der Waals surface area contributed by atoms with Crippen molar-refractivity contribution >= 4 is 33.2 Å². The number of hydrogen-bond donors (Lipinski definition) is 0. The van der Waals surface area contributed by atoms with Gasteiger partial charge in [-0.3, -0.25) is 0 Å². The first-order chi connectivity index (χ1) is 9.76. The average molecular weight is 304 g/mol. The van der Waals surface area contributed by atoms with Crippen LogP contribution in [0, 0.1) is 0 Å². The third kappa shape index (κ3) is 2.79. The van der Waals surface area contributed by atoms with Crippen molar-refractivity contribution in [3.8, 4) is 5.75 Å². The van der Waals surface area contributed by atoms with Crippen molar-refractivity contribution < 1.29 is 4.74 Å². The molecule has 3 rings (SSSR count). The van der Waals surface area contributed by atoms with Crippen LogP contribution in [0.3, 0.4) is 0 Å².